The van der Waals surface area contributed by atoms with Crippen LogP contribution in [0.25, 0.3) is 22.6 Å². The standard InChI is InChI=1S/C17H10F2N2O/c18-12-5-6-14-15(16(12)19)11(17(22)21-14)7-9-8-20-13-4-2-1-3-10(9)13/h1-8,20H,(H,21,22)/b11-7+. The summed E-state index contributed by atoms with van der Waals surface area (Å²) in [4.78, 5) is 15.2. The lowest BCUT2D eigenvalue weighted by Gasteiger charge is -2.01. The number of carbonyl (C=O) groups excluding carboxylic acids is 1. The van der Waals surface area contributed by atoms with E-state index in [2.05, 4.69) is 10.3 Å². The van der Waals surface area contributed by atoms with Gasteiger partial charge in [-0.2, -0.15) is 0 Å². The van der Waals surface area contributed by atoms with Crippen LogP contribution in [-0.2, 0) is 4.79 Å². The number of rotatable bonds is 1. The minimum Gasteiger partial charge on any atom is -0.361 e. The quantitative estimate of drug-likeness (QED) is 0.656. The van der Waals surface area contributed by atoms with Gasteiger partial charge >= 0.3 is 0 Å². The second-order valence-electron chi connectivity index (χ2n) is 5.09. The number of carbonyl (C=O) groups is 1. The number of aromatic amines is 1. The Morgan fingerprint density at radius 2 is 1.86 bits per heavy atom. The van der Waals surface area contributed by atoms with Crippen LogP contribution in [-0.4, -0.2) is 10.9 Å². The zero-order valence-corrected chi connectivity index (χ0v) is 11.3. The molecule has 2 aromatic carbocycles. The molecule has 108 valence electrons. The molecule has 1 amide bonds. The molecule has 2 N–H and O–H groups in total. The Balaban J connectivity index is 1.94. The maximum absolute atomic E-state index is 14.1. The van der Waals surface area contributed by atoms with Gasteiger partial charge in [0.05, 0.1) is 11.3 Å². The van der Waals surface area contributed by atoms with E-state index in [1.165, 1.54) is 6.07 Å². The highest BCUT2D eigenvalue weighted by Gasteiger charge is 2.29. The molecular formula is C17H10F2N2O. The molecule has 0 fully saturated rings. The van der Waals surface area contributed by atoms with Crippen molar-refractivity contribution >= 4 is 34.1 Å². The molecule has 0 saturated heterocycles. The van der Waals surface area contributed by atoms with Crippen LogP contribution in [0, 0.1) is 11.6 Å². The van der Waals surface area contributed by atoms with Crippen LogP contribution in [0.4, 0.5) is 14.5 Å². The van der Waals surface area contributed by atoms with Crippen molar-refractivity contribution in [2.45, 2.75) is 0 Å². The number of amides is 1. The Hall–Kier alpha value is -2.95. The molecule has 2 heterocycles. The number of nitrogens with one attached hydrogen (secondary N) is 2. The molecule has 0 aliphatic carbocycles. The number of H-pyrrole nitrogens is 1. The van der Waals surface area contributed by atoms with E-state index < -0.39 is 17.5 Å². The maximum Gasteiger partial charge on any atom is 0.256 e. The summed E-state index contributed by atoms with van der Waals surface area (Å²) in [5.74, 6) is -2.42. The fourth-order valence-corrected chi connectivity index (χ4v) is 2.73. The van der Waals surface area contributed by atoms with Crippen molar-refractivity contribution in [3.63, 3.8) is 0 Å². The molecule has 0 bridgehead atoms. The zero-order chi connectivity index (χ0) is 15.3. The summed E-state index contributed by atoms with van der Waals surface area (Å²) in [6.45, 7) is 0. The molecule has 0 spiro atoms. The van der Waals surface area contributed by atoms with Gasteiger partial charge in [-0.05, 0) is 24.3 Å². The fourth-order valence-electron chi connectivity index (χ4n) is 2.73. The van der Waals surface area contributed by atoms with Crippen molar-refractivity contribution in [1.82, 2.24) is 4.98 Å². The predicted octanol–water partition coefficient (Wildman–Crippen LogP) is 3.94. The highest BCUT2D eigenvalue weighted by Crippen LogP contribution is 2.36. The molecule has 22 heavy (non-hydrogen) atoms. The second-order valence-corrected chi connectivity index (χ2v) is 5.09. The molecular weight excluding hydrogens is 286 g/mol. The van der Waals surface area contributed by atoms with Crippen molar-refractivity contribution in [3.05, 3.63) is 65.4 Å². The Bertz CT molecular complexity index is 956. The highest BCUT2D eigenvalue weighted by atomic mass is 19.2. The van der Waals surface area contributed by atoms with Gasteiger partial charge in [0, 0.05) is 28.2 Å². The van der Waals surface area contributed by atoms with Gasteiger partial charge in [-0.3, -0.25) is 4.79 Å². The van der Waals surface area contributed by atoms with Crippen LogP contribution in [0.5, 0.6) is 0 Å². The molecule has 4 rings (SSSR count). The Morgan fingerprint density at radius 3 is 2.73 bits per heavy atom. The lowest BCUT2D eigenvalue weighted by atomic mass is 10.0. The third-order valence-corrected chi connectivity index (χ3v) is 3.78. The molecule has 0 atom stereocenters. The van der Waals surface area contributed by atoms with Crippen LogP contribution in [0.2, 0.25) is 0 Å². The second kappa shape index (κ2) is 4.53. The Kier molecular flexibility index (Phi) is 2.63. The number of halogens is 2. The van der Waals surface area contributed by atoms with E-state index >= 15 is 0 Å². The minimum atomic E-state index is -1.01. The molecule has 3 aromatic rings. The van der Waals surface area contributed by atoms with Crippen molar-refractivity contribution < 1.29 is 13.6 Å². The van der Waals surface area contributed by atoms with E-state index in [9.17, 15) is 13.6 Å². The number of fused-ring (bicyclic) bond motifs is 2. The number of anilines is 1. The summed E-state index contributed by atoms with van der Waals surface area (Å²) in [5.41, 5.74) is 2.05. The molecule has 5 heteroatoms. The molecule has 1 aromatic heterocycles. The third kappa shape index (κ3) is 1.75. The molecule has 0 unspecified atom stereocenters. The number of hydrogen-bond acceptors (Lipinski definition) is 1. The number of benzene rings is 2. The summed E-state index contributed by atoms with van der Waals surface area (Å²) in [6, 6.07) is 9.93. The van der Waals surface area contributed by atoms with Gasteiger partial charge in [-0.25, -0.2) is 8.78 Å². The lowest BCUT2D eigenvalue weighted by Crippen LogP contribution is -2.03. The first-order chi connectivity index (χ1) is 10.6. The molecule has 1 aliphatic heterocycles. The predicted molar refractivity (Wildman–Crippen MR) is 81.2 cm³/mol. The topological polar surface area (TPSA) is 44.9 Å². The molecule has 3 nitrogen and oxygen atoms in total. The van der Waals surface area contributed by atoms with Crippen molar-refractivity contribution in [1.29, 1.82) is 0 Å². The van der Waals surface area contributed by atoms with Crippen LogP contribution in [0.1, 0.15) is 11.1 Å². The maximum atomic E-state index is 14.1. The number of para-hydroxylation sites is 1. The van der Waals surface area contributed by atoms with Crippen molar-refractivity contribution in [2.24, 2.45) is 0 Å². The first kappa shape index (κ1) is 12.8. The van der Waals surface area contributed by atoms with E-state index in [0.717, 1.165) is 22.5 Å². The summed E-state index contributed by atoms with van der Waals surface area (Å²) >= 11 is 0. The average Bonchev–Trinajstić information content (AvgIpc) is 3.06. The molecule has 0 radical (unpaired) electrons. The minimum absolute atomic E-state index is 0.0183. The lowest BCUT2D eigenvalue weighted by molar-refractivity contribution is -0.110. The van der Waals surface area contributed by atoms with Crippen LogP contribution in [0.3, 0.4) is 0 Å². The highest BCUT2D eigenvalue weighted by molar-refractivity contribution is 6.35. The zero-order valence-electron chi connectivity index (χ0n) is 11.3. The first-order valence-electron chi connectivity index (χ1n) is 6.72. The SMILES string of the molecule is O=C1Nc2ccc(F)c(F)c2/C1=C\c1c[nH]c2ccccc12. The van der Waals surface area contributed by atoms with E-state index in [1.54, 1.807) is 12.3 Å². The van der Waals surface area contributed by atoms with Crippen LogP contribution >= 0.6 is 0 Å². The van der Waals surface area contributed by atoms with Gasteiger partial charge in [0.15, 0.2) is 11.6 Å². The fraction of sp³-hybridized carbons (Fsp3) is 0. The summed E-state index contributed by atoms with van der Waals surface area (Å²) in [7, 11) is 0. The largest absolute Gasteiger partial charge is 0.361 e. The Labute approximate surface area is 124 Å². The molecule has 0 saturated carbocycles. The van der Waals surface area contributed by atoms with E-state index in [-0.39, 0.29) is 16.8 Å². The van der Waals surface area contributed by atoms with Gasteiger partial charge in [0.25, 0.3) is 5.91 Å². The van der Waals surface area contributed by atoms with Gasteiger partial charge < -0.3 is 10.3 Å². The van der Waals surface area contributed by atoms with E-state index in [1.807, 2.05) is 24.3 Å². The van der Waals surface area contributed by atoms with E-state index in [4.69, 9.17) is 0 Å². The normalized spacial score (nSPS) is 15.4. The van der Waals surface area contributed by atoms with Gasteiger partial charge in [0.2, 0.25) is 0 Å². The molecule has 1 aliphatic rings. The third-order valence-electron chi connectivity index (χ3n) is 3.78. The average molecular weight is 296 g/mol. The Morgan fingerprint density at radius 1 is 1.05 bits per heavy atom. The van der Waals surface area contributed by atoms with Gasteiger partial charge in [0.1, 0.15) is 0 Å². The monoisotopic (exact) mass is 296 g/mol. The number of aromatic nitrogens is 1. The summed E-state index contributed by atoms with van der Waals surface area (Å²) in [6.07, 6.45) is 3.31. The van der Waals surface area contributed by atoms with Crippen molar-refractivity contribution in [3.8, 4) is 0 Å². The van der Waals surface area contributed by atoms with Gasteiger partial charge in [-0.1, -0.05) is 18.2 Å². The van der Waals surface area contributed by atoms with Crippen LogP contribution < -0.4 is 5.32 Å². The number of hydrogen-bond donors (Lipinski definition) is 2. The smallest absolute Gasteiger partial charge is 0.256 e. The van der Waals surface area contributed by atoms with Crippen LogP contribution in [0.15, 0.2) is 42.6 Å². The van der Waals surface area contributed by atoms with Crippen molar-refractivity contribution in [2.75, 3.05) is 5.32 Å². The summed E-state index contributed by atoms with van der Waals surface area (Å²) in [5, 5.41) is 3.46. The van der Waals surface area contributed by atoms with Gasteiger partial charge in [-0.15, -0.1) is 0 Å². The van der Waals surface area contributed by atoms with E-state index in [0.29, 0.717) is 0 Å². The first-order valence-corrected chi connectivity index (χ1v) is 6.72. The summed E-state index contributed by atoms with van der Waals surface area (Å²) < 4.78 is 27.5.